The van der Waals surface area contributed by atoms with Gasteiger partial charge in [-0.15, -0.1) is 11.3 Å². The van der Waals surface area contributed by atoms with Crippen molar-refractivity contribution < 1.29 is 5.11 Å². The van der Waals surface area contributed by atoms with E-state index in [-0.39, 0.29) is 6.61 Å². The molecule has 1 atom stereocenters. The predicted molar refractivity (Wildman–Crippen MR) is 66.6 cm³/mol. The number of nitrogens with one attached hydrogen (secondary N) is 1. The maximum atomic E-state index is 8.85. The van der Waals surface area contributed by atoms with Crippen LogP contribution in [0.4, 0.5) is 5.69 Å². The Bertz CT molecular complexity index is 438. The van der Waals surface area contributed by atoms with Crippen molar-refractivity contribution in [2.75, 3.05) is 11.9 Å². The zero-order valence-corrected chi connectivity index (χ0v) is 9.55. The van der Waals surface area contributed by atoms with Gasteiger partial charge in [-0.1, -0.05) is 12.1 Å². The molecule has 0 bridgehead atoms. The average Bonchev–Trinajstić information content (AvgIpc) is 2.67. The fourth-order valence-corrected chi connectivity index (χ4v) is 2.51. The zero-order valence-electron chi connectivity index (χ0n) is 8.73. The summed E-state index contributed by atoms with van der Waals surface area (Å²) < 4.78 is 1.29. The Hall–Kier alpha value is -1.06. The molecule has 3 heteroatoms. The fraction of sp³-hybridized carbons (Fsp3) is 0.333. The summed E-state index contributed by atoms with van der Waals surface area (Å²) in [6.45, 7) is 2.32. The highest BCUT2D eigenvalue weighted by atomic mass is 32.1. The molecule has 0 saturated heterocycles. The van der Waals surface area contributed by atoms with E-state index < -0.39 is 0 Å². The Morgan fingerprint density at radius 3 is 3.07 bits per heavy atom. The van der Waals surface area contributed by atoms with Gasteiger partial charge in [-0.3, -0.25) is 0 Å². The first-order valence-electron chi connectivity index (χ1n) is 5.15. The monoisotopic (exact) mass is 221 g/mol. The average molecular weight is 221 g/mol. The van der Waals surface area contributed by atoms with Crippen molar-refractivity contribution in [1.82, 2.24) is 0 Å². The van der Waals surface area contributed by atoms with Crippen molar-refractivity contribution >= 4 is 27.1 Å². The van der Waals surface area contributed by atoms with Crippen LogP contribution in [0, 0.1) is 0 Å². The highest BCUT2D eigenvalue weighted by Crippen LogP contribution is 2.29. The van der Waals surface area contributed by atoms with Crippen LogP contribution in [0.15, 0.2) is 29.6 Å². The van der Waals surface area contributed by atoms with E-state index in [9.17, 15) is 0 Å². The molecule has 0 aliphatic heterocycles. The molecule has 0 radical (unpaired) electrons. The Morgan fingerprint density at radius 2 is 2.27 bits per heavy atom. The molecule has 0 saturated carbocycles. The van der Waals surface area contributed by atoms with Crippen LogP contribution in [0.1, 0.15) is 13.3 Å². The molecule has 1 unspecified atom stereocenters. The molecule has 0 fully saturated rings. The van der Waals surface area contributed by atoms with Crippen molar-refractivity contribution in [3.05, 3.63) is 29.6 Å². The first kappa shape index (κ1) is 10.5. The van der Waals surface area contributed by atoms with Crippen molar-refractivity contribution in [2.45, 2.75) is 19.4 Å². The van der Waals surface area contributed by atoms with Gasteiger partial charge in [-0.05, 0) is 36.2 Å². The maximum absolute atomic E-state index is 8.85. The van der Waals surface area contributed by atoms with Gasteiger partial charge in [-0.25, -0.2) is 0 Å². The summed E-state index contributed by atoms with van der Waals surface area (Å²) >= 11 is 1.75. The Morgan fingerprint density at radius 1 is 1.40 bits per heavy atom. The number of rotatable bonds is 4. The second-order valence-electron chi connectivity index (χ2n) is 3.70. The normalized spacial score (nSPS) is 12.9. The van der Waals surface area contributed by atoms with Gasteiger partial charge in [0.2, 0.25) is 0 Å². The second-order valence-corrected chi connectivity index (χ2v) is 4.62. The Labute approximate surface area is 93.6 Å². The molecule has 1 heterocycles. The lowest BCUT2D eigenvalue weighted by molar-refractivity contribution is 0.282. The third-order valence-electron chi connectivity index (χ3n) is 2.44. The number of aliphatic hydroxyl groups is 1. The van der Waals surface area contributed by atoms with Crippen LogP contribution < -0.4 is 5.32 Å². The molecular weight excluding hydrogens is 206 g/mol. The fourth-order valence-electron chi connectivity index (χ4n) is 1.64. The van der Waals surface area contributed by atoms with Crippen molar-refractivity contribution in [3.8, 4) is 0 Å². The third kappa shape index (κ3) is 2.30. The maximum Gasteiger partial charge on any atom is 0.0574 e. The topological polar surface area (TPSA) is 32.3 Å². The predicted octanol–water partition coefficient (Wildman–Crippen LogP) is 3.08. The van der Waals surface area contributed by atoms with Gasteiger partial charge in [0, 0.05) is 12.6 Å². The Kier molecular flexibility index (Phi) is 3.23. The summed E-state index contributed by atoms with van der Waals surface area (Å²) in [5.41, 5.74) is 1.17. The summed E-state index contributed by atoms with van der Waals surface area (Å²) in [4.78, 5) is 0. The molecule has 15 heavy (non-hydrogen) atoms. The van der Waals surface area contributed by atoms with Crippen LogP contribution in [0.25, 0.3) is 10.1 Å². The largest absolute Gasteiger partial charge is 0.396 e. The molecule has 2 aromatic rings. The number of anilines is 1. The first-order valence-corrected chi connectivity index (χ1v) is 6.03. The van der Waals surface area contributed by atoms with Gasteiger partial charge in [0.1, 0.15) is 0 Å². The first-order chi connectivity index (χ1) is 7.31. The van der Waals surface area contributed by atoms with E-state index in [1.165, 1.54) is 15.8 Å². The smallest absolute Gasteiger partial charge is 0.0574 e. The van der Waals surface area contributed by atoms with E-state index >= 15 is 0 Å². The van der Waals surface area contributed by atoms with E-state index in [4.69, 9.17) is 5.11 Å². The van der Waals surface area contributed by atoms with Crippen molar-refractivity contribution in [1.29, 1.82) is 0 Å². The third-order valence-corrected chi connectivity index (χ3v) is 3.41. The standard InChI is InChI=1S/C12H15NOS/c1-9(5-7-14)13-11-4-2-3-10-6-8-15-12(10)11/h2-4,6,8-9,13-14H,5,7H2,1H3. The van der Waals surface area contributed by atoms with Crippen LogP contribution in [0.2, 0.25) is 0 Å². The number of hydrogen-bond acceptors (Lipinski definition) is 3. The van der Waals surface area contributed by atoms with Crippen LogP contribution in [-0.4, -0.2) is 17.8 Å². The van der Waals surface area contributed by atoms with Gasteiger partial charge < -0.3 is 10.4 Å². The molecular formula is C12H15NOS. The second kappa shape index (κ2) is 4.64. The zero-order chi connectivity index (χ0) is 10.7. The minimum Gasteiger partial charge on any atom is -0.396 e. The minimum absolute atomic E-state index is 0.231. The van der Waals surface area contributed by atoms with E-state index in [0.29, 0.717) is 6.04 Å². The molecule has 2 N–H and O–H groups in total. The van der Waals surface area contributed by atoms with Gasteiger partial charge in [0.05, 0.1) is 10.4 Å². The Balaban J connectivity index is 2.23. The van der Waals surface area contributed by atoms with E-state index in [1.807, 2.05) is 0 Å². The summed E-state index contributed by atoms with van der Waals surface area (Å²) in [6.07, 6.45) is 0.780. The molecule has 1 aromatic heterocycles. The summed E-state index contributed by atoms with van der Waals surface area (Å²) in [5.74, 6) is 0. The molecule has 0 aliphatic rings. The number of benzene rings is 1. The highest BCUT2D eigenvalue weighted by molar-refractivity contribution is 7.17. The van der Waals surface area contributed by atoms with E-state index in [2.05, 4.69) is 41.9 Å². The number of hydrogen-bond donors (Lipinski definition) is 2. The van der Waals surface area contributed by atoms with E-state index in [1.54, 1.807) is 11.3 Å². The lowest BCUT2D eigenvalue weighted by Gasteiger charge is -2.14. The molecule has 2 nitrogen and oxygen atoms in total. The van der Waals surface area contributed by atoms with Crippen LogP contribution >= 0.6 is 11.3 Å². The SMILES string of the molecule is CC(CCO)Nc1cccc2ccsc12. The number of aliphatic hydroxyl groups excluding tert-OH is 1. The van der Waals surface area contributed by atoms with Crippen LogP contribution in [0.5, 0.6) is 0 Å². The van der Waals surface area contributed by atoms with Gasteiger partial charge >= 0.3 is 0 Å². The number of fused-ring (bicyclic) bond motifs is 1. The quantitative estimate of drug-likeness (QED) is 0.831. The summed E-state index contributed by atoms with van der Waals surface area (Å²) in [5, 5.41) is 15.7. The molecule has 2 rings (SSSR count). The minimum atomic E-state index is 0.231. The molecule has 80 valence electrons. The molecule has 0 aliphatic carbocycles. The van der Waals surface area contributed by atoms with Gasteiger partial charge in [0.15, 0.2) is 0 Å². The van der Waals surface area contributed by atoms with Crippen molar-refractivity contribution in [2.24, 2.45) is 0 Å². The molecule has 0 amide bonds. The molecule has 0 spiro atoms. The van der Waals surface area contributed by atoms with Crippen LogP contribution in [0.3, 0.4) is 0 Å². The number of thiophene rings is 1. The van der Waals surface area contributed by atoms with E-state index in [0.717, 1.165) is 6.42 Å². The molecule has 1 aromatic carbocycles. The lowest BCUT2D eigenvalue weighted by atomic mass is 10.2. The van der Waals surface area contributed by atoms with Gasteiger partial charge in [-0.2, -0.15) is 0 Å². The lowest BCUT2D eigenvalue weighted by Crippen LogP contribution is -2.16. The highest BCUT2D eigenvalue weighted by Gasteiger charge is 2.05. The summed E-state index contributed by atoms with van der Waals surface area (Å²) in [7, 11) is 0. The van der Waals surface area contributed by atoms with Crippen molar-refractivity contribution in [3.63, 3.8) is 0 Å². The van der Waals surface area contributed by atoms with Crippen LogP contribution in [-0.2, 0) is 0 Å². The summed E-state index contributed by atoms with van der Waals surface area (Å²) in [6, 6.07) is 8.70. The van der Waals surface area contributed by atoms with Gasteiger partial charge in [0.25, 0.3) is 0 Å².